The highest BCUT2D eigenvalue weighted by Gasteiger charge is 2.48. The monoisotopic (exact) mass is 193 g/mol. The topological polar surface area (TPSA) is 58.6 Å². The van der Waals surface area contributed by atoms with Crippen LogP contribution in [0.1, 0.15) is 6.42 Å². The van der Waals surface area contributed by atoms with E-state index in [0.717, 1.165) is 6.54 Å². The Labute approximate surface area is 76.7 Å². The number of carboxylic acid groups (broad SMARTS) is 1. The zero-order chi connectivity index (χ0) is 7.90. The molecular weight excluding hydrogens is 182 g/mol. The molecule has 12 heavy (non-hydrogen) atoms. The van der Waals surface area contributed by atoms with Gasteiger partial charge in [0, 0.05) is 13.1 Å². The number of hydrogen-bond acceptors (Lipinski definition) is 3. The SMILES string of the molecule is Cl.O=C(O)C12CNCC(C1)OC2. The fraction of sp³-hybridized carbons (Fsp3) is 0.857. The van der Waals surface area contributed by atoms with Gasteiger partial charge in [-0.25, -0.2) is 0 Å². The van der Waals surface area contributed by atoms with Crippen LogP contribution in [0.5, 0.6) is 0 Å². The number of piperidine rings is 1. The maximum Gasteiger partial charge on any atom is 0.313 e. The second-order valence-corrected chi connectivity index (χ2v) is 3.35. The summed E-state index contributed by atoms with van der Waals surface area (Å²) < 4.78 is 5.30. The normalized spacial score (nSPS) is 38.8. The van der Waals surface area contributed by atoms with Gasteiger partial charge in [0.1, 0.15) is 5.41 Å². The second kappa shape index (κ2) is 3.20. The van der Waals surface area contributed by atoms with Crippen LogP contribution >= 0.6 is 12.4 Å². The van der Waals surface area contributed by atoms with Crippen LogP contribution in [0.3, 0.4) is 0 Å². The Bertz CT molecular complexity index is 195. The number of carbonyl (C=O) groups is 1. The van der Waals surface area contributed by atoms with E-state index < -0.39 is 11.4 Å². The summed E-state index contributed by atoms with van der Waals surface area (Å²) in [6, 6.07) is 0. The number of fused-ring (bicyclic) bond motifs is 2. The molecule has 2 atom stereocenters. The summed E-state index contributed by atoms with van der Waals surface area (Å²) in [5.41, 5.74) is -0.622. The molecule has 0 aromatic carbocycles. The first kappa shape index (κ1) is 9.77. The quantitative estimate of drug-likeness (QED) is 0.609. The molecule has 5 heteroatoms. The predicted octanol–water partition coefficient (Wildman–Crippen LogP) is -0.129. The van der Waals surface area contributed by atoms with Gasteiger partial charge in [0.25, 0.3) is 0 Å². The van der Waals surface area contributed by atoms with Gasteiger partial charge < -0.3 is 15.2 Å². The minimum Gasteiger partial charge on any atom is -0.481 e. The van der Waals surface area contributed by atoms with Crippen LogP contribution in [0.2, 0.25) is 0 Å². The molecule has 2 saturated heterocycles. The molecule has 0 aliphatic carbocycles. The summed E-state index contributed by atoms with van der Waals surface area (Å²) in [4.78, 5) is 10.8. The molecule has 0 amide bonds. The average molecular weight is 194 g/mol. The first-order valence-electron chi connectivity index (χ1n) is 3.79. The van der Waals surface area contributed by atoms with Crippen LogP contribution < -0.4 is 5.32 Å². The van der Waals surface area contributed by atoms with Crippen molar-refractivity contribution >= 4 is 18.4 Å². The summed E-state index contributed by atoms with van der Waals surface area (Å²) in [6.45, 7) is 1.73. The molecule has 2 unspecified atom stereocenters. The van der Waals surface area contributed by atoms with E-state index in [9.17, 15) is 4.79 Å². The molecule has 2 bridgehead atoms. The third-order valence-electron chi connectivity index (χ3n) is 2.50. The minimum atomic E-state index is -0.729. The molecular formula is C7H12ClNO3. The fourth-order valence-electron chi connectivity index (χ4n) is 1.78. The molecule has 2 rings (SSSR count). The highest BCUT2D eigenvalue weighted by molar-refractivity contribution is 5.85. The predicted molar refractivity (Wildman–Crippen MR) is 44.5 cm³/mol. The molecule has 2 aliphatic heterocycles. The van der Waals surface area contributed by atoms with E-state index >= 15 is 0 Å². The van der Waals surface area contributed by atoms with Gasteiger partial charge in [-0.05, 0) is 6.42 Å². The molecule has 0 saturated carbocycles. The zero-order valence-electron chi connectivity index (χ0n) is 6.58. The lowest BCUT2D eigenvalue weighted by Crippen LogP contribution is -2.46. The van der Waals surface area contributed by atoms with E-state index in [0.29, 0.717) is 19.6 Å². The summed E-state index contributed by atoms with van der Waals surface area (Å²) >= 11 is 0. The number of carboxylic acids is 1. The molecule has 2 aliphatic rings. The molecule has 0 spiro atoms. The van der Waals surface area contributed by atoms with Gasteiger partial charge in [-0.15, -0.1) is 12.4 Å². The molecule has 2 fully saturated rings. The van der Waals surface area contributed by atoms with Gasteiger partial charge in [0.2, 0.25) is 0 Å². The second-order valence-electron chi connectivity index (χ2n) is 3.35. The van der Waals surface area contributed by atoms with Gasteiger partial charge in [0.05, 0.1) is 12.7 Å². The maximum atomic E-state index is 10.8. The van der Waals surface area contributed by atoms with Crippen LogP contribution in [-0.2, 0) is 9.53 Å². The van der Waals surface area contributed by atoms with Crippen molar-refractivity contribution in [1.82, 2.24) is 5.32 Å². The maximum absolute atomic E-state index is 10.8. The van der Waals surface area contributed by atoms with Crippen LogP contribution in [0, 0.1) is 5.41 Å². The first-order chi connectivity index (χ1) is 5.23. The van der Waals surface area contributed by atoms with Crippen molar-refractivity contribution in [2.24, 2.45) is 5.41 Å². The van der Waals surface area contributed by atoms with Gasteiger partial charge in [-0.2, -0.15) is 0 Å². The van der Waals surface area contributed by atoms with E-state index in [-0.39, 0.29) is 18.5 Å². The molecule has 2 heterocycles. The van der Waals surface area contributed by atoms with Crippen LogP contribution in [-0.4, -0.2) is 36.9 Å². The number of halogens is 1. The smallest absolute Gasteiger partial charge is 0.313 e. The molecule has 2 N–H and O–H groups in total. The summed E-state index contributed by atoms with van der Waals surface area (Å²) in [5.74, 6) is -0.729. The number of aliphatic carboxylic acids is 1. The Morgan fingerprint density at radius 1 is 1.67 bits per heavy atom. The molecule has 0 aromatic rings. The van der Waals surface area contributed by atoms with Crippen molar-refractivity contribution in [2.75, 3.05) is 19.7 Å². The van der Waals surface area contributed by atoms with Gasteiger partial charge in [-0.1, -0.05) is 0 Å². The van der Waals surface area contributed by atoms with Crippen molar-refractivity contribution in [2.45, 2.75) is 12.5 Å². The Hall–Kier alpha value is -0.320. The zero-order valence-corrected chi connectivity index (χ0v) is 7.39. The van der Waals surface area contributed by atoms with Gasteiger partial charge in [-0.3, -0.25) is 4.79 Å². The standard InChI is InChI=1S/C7H11NO3.ClH/c9-6(10)7-1-5(11-4-7)2-8-3-7;/h5,8H,1-4H2,(H,9,10);1H. The van der Waals surface area contributed by atoms with Crippen molar-refractivity contribution in [3.05, 3.63) is 0 Å². The van der Waals surface area contributed by atoms with Crippen LogP contribution in [0.4, 0.5) is 0 Å². The van der Waals surface area contributed by atoms with E-state index in [1.165, 1.54) is 0 Å². The van der Waals surface area contributed by atoms with E-state index in [1.54, 1.807) is 0 Å². The largest absolute Gasteiger partial charge is 0.481 e. The average Bonchev–Trinajstić information content (AvgIpc) is 2.29. The Morgan fingerprint density at radius 2 is 2.42 bits per heavy atom. The van der Waals surface area contributed by atoms with Gasteiger partial charge in [0.15, 0.2) is 0 Å². The number of ether oxygens (including phenoxy) is 1. The van der Waals surface area contributed by atoms with Crippen molar-refractivity contribution in [3.8, 4) is 0 Å². The number of hydrogen-bond donors (Lipinski definition) is 2. The summed E-state index contributed by atoms with van der Waals surface area (Å²) in [7, 11) is 0. The van der Waals surface area contributed by atoms with E-state index in [1.807, 2.05) is 0 Å². The fourth-order valence-corrected chi connectivity index (χ4v) is 1.78. The lowest BCUT2D eigenvalue weighted by Gasteiger charge is -2.26. The molecule has 0 aromatic heterocycles. The van der Waals surface area contributed by atoms with Gasteiger partial charge >= 0.3 is 5.97 Å². The van der Waals surface area contributed by atoms with Crippen LogP contribution in [0.15, 0.2) is 0 Å². The van der Waals surface area contributed by atoms with Crippen molar-refractivity contribution in [3.63, 3.8) is 0 Å². The number of rotatable bonds is 1. The molecule has 70 valence electrons. The molecule has 4 nitrogen and oxygen atoms in total. The summed E-state index contributed by atoms with van der Waals surface area (Å²) in [6.07, 6.45) is 0.801. The van der Waals surface area contributed by atoms with Crippen molar-refractivity contribution < 1.29 is 14.6 Å². The summed E-state index contributed by atoms with van der Waals surface area (Å²) in [5, 5.41) is 12.0. The Balaban J connectivity index is 0.000000720. The van der Waals surface area contributed by atoms with E-state index in [4.69, 9.17) is 9.84 Å². The Morgan fingerprint density at radius 3 is 3.00 bits per heavy atom. The Kier molecular flexibility index (Phi) is 2.61. The highest BCUT2D eigenvalue weighted by atomic mass is 35.5. The minimum absolute atomic E-state index is 0. The van der Waals surface area contributed by atoms with Crippen molar-refractivity contribution in [1.29, 1.82) is 0 Å². The lowest BCUT2D eigenvalue weighted by atomic mass is 9.83. The third kappa shape index (κ3) is 1.30. The third-order valence-corrected chi connectivity index (χ3v) is 2.50. The lowest BCUT2D eigenvalue weighted by molar-refractivity contribution is -0.148. The molecule has 0 radical (unpaired) electrons. The highest BCUT2D eigenvalue weighted by Crippen LogP contribution is 2.34. The van der Waals surface area contributed by atoms with E-state index in [2.05, 4.69) is 5.32 Å². The van der Waals surface area contributed by atoms with Crippen LogP contribution in [0.25, 0.3) is 0 Å². The number of nitrogens with one attached hydrogen (secondary N) is 1. The first-order valence-corrected chi connectivity index (χ1v) is 3.79.